The van der Waals surface area contributed by atoms with Crippen molar-refractivity contribution in [2.45, 2.75) is 6.42 Å². The van der Waals surface area contributed by atoms with Gasteiger partial charge in [0.2, 0.25) is 11.8 Å². The highest BCUT2D eigenvalue weighted by molar-refractivity contribution is 14.1. The highest BCUT2D eigenvalue weighted by Gasteiger charge is 2.31. The molecule has 1 fully saturated rings. The van der Waals surface area contributed by atoms with Crippen LogP contribution in [0, 0.1) is 9.49 Å². The van der Waals surface area contributed by atoms with E-state index in [2.05, 4.69) is 27.9 Å². The number of hydrogen-bond acceptors (Lipinski definition) is 2. The highest BCUT2D eigenvalue weighted by Crippen LogP contribution is 2.19. The molecule has 0 saturated carbocycles. The summed E-state index contributed by atoms with van der Waals surface area (Å²) < 4.78 is 1.12. The van der Waals surface area contributed by atoms with Crippen molar-refractivity contribution in [3.8, 4) is 0 Å². The Labute approximate surface area is 114 Å². The molecule has 1 atom stereocenters. The molecule has 1 aliphatic heterocycles. The van der Waals surface area contributed by atoms with Gasteiger partial charge in [0, 0.05) is 29.3 Å². The highest BCUT2D eigenvalue weighted by atomic mass is 127. The summed E-state index contributed by atoms with van der Waals surface area (Å²) in [5.74, 6) is -0.275. The van der Waals surface area contributed by atoms with Gasteiger partial charge in [0.1, 0.15) is 0 Å². The molecule has 4 nitrogen and oxygen atoms in total. The van der Waals surface area contributed by atoms with Crippen molar-refractivity contribution in [3.63, 3.8) is 0 Å². The minimum atomic E-state index is -0.230. The number of rotatable bonds is 2. The molecule has 0 aliphatic carbocycles. The Morgan fingerprint density at radius 2 is 2.06 bits per heavy atom. The topological polar surface area (TPSA) is 49.4 Å². The normalized spacial score (nSPS) is 19.5. The summed E-state index contributed by atoms with van der Waals surface area (Å²) in [6.45, 7) is 0.509. The molecular formula is C12H13IN2O2. The second kappa shape index (κ2) is 5.03. The van der Waals surface area contributed by atoms with Gasteiger partial charge in [-0.1, -0.05) is 0 Å². The molecule has 90 valence electrons. The van der Waals surface area contributed by atoms with Crippen molar-refractivity contribution in [2.24, 2.45) is 5.92 Å². The van der Waals surface area contributed by atoms with Crippen LogP contribution in [0.5, 0.6) is 0 Å². The number of halogens is 1. The fourth-order valence-electron chi connectivity index (χ4n) is 1.82. The molecule has 17 heavy (non-hydrogen) atoms. The molecule has 2 rings (SSSR count). The zero-order valence-corrected chi connectivity index (χ0v) is 11.6. The van der Waals surface area contributed by atoms with Gasteiger partial charge in [0.15, 0.2) is 0 Å². The van der Waals surface area contributed by atoms with Crippen molar-refractivity contribution in [3.05, 3.63) is 27.8 Å². The van der Waals surface area contributed by atoms with E-state index in [0.717, 1.165) is 9.26 Å². The van der Waals surface area contributed by atoms with Gasteiger partial charge >= 0.3 is 0 Å². The molecule has 1 heterocycles. The molecule has 0 aromatic heterocycles. The van der Waals surface area contributed by atoms with Gasteiger partial charge in [0.25, 0.3) is 0 Å². The number of nitrogens with zero attached hydrogens (tertiary/aromatic N) is 1. The van der Waals surface area contributed by atoms with E-state index in [1.54, 1.807) is 11.9 Å². The van der Waals surface area contributed by atoms with E-state index in [0.29, 0.717) is 13.0 Å². The molecule has 0 radical (unpaired) electrons. The average Bonchev–Trinajstić information content (AvgIpc) is 2.63. The van der Waals surface area contributed by atoms with E-state index in [4.69, 9.17) is 0 Å². The Bertz CT molecular complexity index is 444. The molecule has 1 aromatic rings. The quantitative estimate of drug-likeness (QED) is 0.831. The third-order valence-electron chi connectivity index (χ3n) is 2.82. The van der Waals surface area contributed by atoms with Gasteiger partial charge in [0.05, 0.1) is 5.92 Å². The summed E-state index contributed by atoms with van der Waals surface area (Å²) >= 11 is 2.21. The first-order valence-corrected chi connectivity index (χ1v) is 6.44. The Morgan fingerprint density at radius 1 is 1.41 bits per heavy atom. The van der Waals surface area contributed by atoms with Crippen LogP contribution < -0.4 is 5.32 Å². The summed E-state index contributed by atoms with van der Waals surface area (Å²) in [7, 11) is 1.72. The number of nitrogens with one attached hydrogen (secondary N) is 1. The summed E-state index contributed by atoms with van der Waals surface area (Å²) in [6.07, 6.45) is 0.312. The van der Waals surface area contributed by atoms with Gasteiger partial charge in [-0.2, -0.15) is 0 Å². The van der Waals surface area contributed by atoms with E-state index in [9.17, 15) is 9.59 Å². The molecule has 1 saturated heterocycles. The molecule has 1 unspecified atom stereocenters. The third kappa shape index (κ3) is 2.96. The zero-order chi connectivity index (χ0) is 12.4. The van der Waals surface area contributed by atoms with Crippen LogP contribution in [0.3, 0.4) is 0 Å². The van der Waals surface area contributed by atoms with Crippen molar-refractivity contribution >= 4 is 40.1 Å². The fourth-order valence-corrected chi connectivity index (χ4v) is 2.18. The van der Waals surface area contributed by atoms with E-state index in [1.807, 2.05) is 24.3 Å². The molecular weight excluding hydrogens is 331 g/mol. The first-order chi connectivity index (χ1) is 8.06. The number of benzene rings is 1. The Morgan fingerprint density at radius 3 is 2.59 bits per heavy atom. The van der Waals surface area contributed by atoms with Crippen LogP contribution in [0.15, 0.2) is 24.3 Å². The second-order valence-electron chi connectivity index (χ2n) is 4.17. The van der Waals surface area contributed by atoms with Gasteiger partial charge in [-0.05, 0) is 46.9 Å². The van der Waals surface area contributed by atoms with Crippen LogP contribution in [0.4, 0.5) is 5.69 Å². The van der Waals surface area contributed by atoms with Gasteiger partial charge < -0.3 is 10.2 Å². The van der Waals surface area contributed by atoms with Crippen LogP contribution in [0.2, 0.25) is 0 Å². The molecule has 0 bridgehead atoms. The predicted molar refractivity (Wildman–Crippen MR) is 73.5 cm³/mol. The maximum absolute atomic E-state index is 11.9. The van der Waals surface area contributed by atoms with Gasteiger partial charge in [-0.25, -0.2) is 0 Å². The van der Waals surface area contributed by atoms with Gasteiger partial charge in [-0.15, -0.1) is 0 Å². The van der Waals surface area contributed by atoms with Crippen LogP contribution in [-0.4, -0.2) is 30.3 Å². The van der Waals surface area contributed by atoms with E-state index in [1.165, 1.54) is 0 Å². The van der Waals surface area contributed by atoms with Crippen LogP contribution in [-0.2, 0) is 9.59 Å². The first kappa shape index (κ1) is 12.3. The largest absolute Gasteiger partial charge is 0.345 e. The lowest BCUT2D eigenvalue weighted by Gasteiger charge is -2.11. The number of carbonyl (C=O) groups excluding carboxylic acids is 2. The third-order valence-corrected chi connectivity index (χ3v) is 3.54. The summed E-state index contributed by atoms with van der Waals surface area (Å²) in [6, 6.07) is 7.59. The van der Waals surface area contributed by atoms with E-state index >= 15 is 0 Å². The smallest absolute Gasteiger partial charge is 0.229 e. The van der Waals surface area contributed by atoms with E-state index < -0.39 is 0 Å². The van der Waals surface area contributed by atoms with Crippen molar-refractivity contribution < 1.29 is 9.59 Å². The summed E-state index contributed by atoms with van der Waals surface area (Å²) in [5.41, 5.74) is 0.775. The lowest BCUT2D eigenvalue weighted by Crippen LogP contribution is -2.25. The standard InChI is InChI=1S/C12H13IN2O2/c1-15-7-8(6-11(15)16)12(17)14-10-4-2-9(13)3-5-10/h2-5,8H,6-7H2,1H3,(H,14,17). The Kier molecular flexibility index (Phi) is 3.66. The number of anilines is 1. The number of amides is 2. The zero-order valence-electron chi connectivity index (χ0n) is 9.44. The number of carbonyl (C=O) groups is 2. The Balaban J connectivity index is 1.98. The molecule has 1 N–H and O–H groups in total. The van der Waals surface area contributed by atoms with Gasteiger partial charge in [-0.3, -0.25) is 9.59 Å². The maximum Gasteiger partial charge on any atom is 0.229 e. The molecule has 1 aromatic carbocycles. The Hall–Kier alpha value is -1.11. The predicted octanol–water partition coefficient (Wildman–Crippen LogP) is 1.71. The van der Waals surface area contributed by atoms with Crippen molar-refractivity contribution in [1.29, 1.82) is 0 Å². The lowest BCUT2D eigenvalue weighted by molar-refractivity contribution is -0.127. The fraction of sp³-hybridized carbons (Fsp3) is 0.333. The average molecular weight is 344 g/mol. The SMILES string of the molecule is CN1CC(C(=O)Nc2ccc(I)cc2)CC1=O. The molecule has 5 heteroatoms. The van der Waals surface area contributed by atoms with E-state index in [-0.39, 0.29) is 17.7 Å². The molecule has 1 aliphatic rings. The van der Waals surface area contributed by atoms with Crippen LogP contribution >= 0.6 is 22.6 Å². The second-order valence-corrected chi connectivity index (χ2v) is 5.42. The summed E-state index contributed by atoms with van der Waals surface area (Å²) in [4.78, 5) is 24.8. The molecule has 2 amide bonds. The van der Waals surface area contributed by atoms with Crippen LogP contribution in [0.1, 0.15) is 6.42 Å². The lowest BCUT2D eigenvalue weighted by atomic mass is 10.1. The van der Waals surface area contributed by atoms with Crippen molar-refractivity contribution in [1.82, 2.24) is 4.90 Å². The van der Waals surface area contributed by atoms with Crippen molar-refractivity contribution in [2.75, 3.05) is 18.9 Å². The minimum absolute atomic E-state index is 0.0350. The maximum atomic E-state index is 11.9. The summed E-state index contributed by atoms with van der Waals surface area (Å²) in [5, 5.41) is 2.83. The molecule has 0 spiro atoms. The number of hydrogen-bond donors (Lipinski definition) is 1. The van der Waals surface area contributed by atoms with Crippen LogP contribution in [0.25, 0.3) is 0 Å². The first-order valence-electron chi connectivity index (χ1n) is 5.36. The number of likely N-dealkylation sites (tertiary alicyclic amines) is 1. The monoisotopic (exact) mass is 344 g/mol. The minimum Gasteiger partial charge on any atom is -0.345 e.